The molecule has 1 saturated carbocycles. The van der Waals surface area contributed by atoms with Gasteiger partial charge in [0.05, 0.1) is 0 Å². The number of hydrogen-bond acceptors (Lipinski definition) is 2. The largest absolute Gasteiger partial charge is 0.353 e. The molecule has 2 N–H and O–H groups in total. The summed E-state index contributed by atoms with van der Waals surface area (Å²) in [6.45, 7) is 4.50. The molecule has 0 aromatic rings. The van der Waals surface area contributed by atoms with E-state index in [-0.39, 0.29) is 11.8 Å². The van der Waals surface area contributed by atoms with Gasteiger partial charge in [-0.15, -0.1) is 0 Å². The molecule has 4 nitrogen and oxygen atoms in total. The van der Waals surface area contributed by atoms with E-state index in [1.807, 2.05) is 0 Å². The first-order chi connectivity index (χ1) is 15.7. The molecular formula is C28H54N2O2. The van der Waals surface area contributed by atoms with Crippen molar-refractivity contribution in [3.05, 3.63) is 0 Å². The normalized spacial score (nSPS) is 18.4. The summed E-state index contributed by atoms with van der Waals surface area (Å²) in [6.07, 6.45) is 25.6. The van der Waals surface area contributed by atoms with Crippen molar-refractivity contribution in [3.63, 3.8) is 0 Å². The van der Waals surface area contributed by atoms with Gasteiger partial charge in [-0.2, -0.15) is 0 Å². The molecule has 1 aliphatic rings. The third kappa shape index (κ3) is 16.6. The minimum atomic E-state index is 0.221. The van der Waals surface area contributed by atoms with E-state index in [0.29, 0.717) is 24.9 Å². The van der Waals surface area contributed by atoms with E-state index in [4.69, 9.17) is 0 Å². The summed E-state index contributed by atoms with van der Waals surface area (Å²) >= 11 is 0. The highest BCUT2D eigenvalue weighted by molar-refractivity contribution is 5.76. The summed E-state index contributed by atoms with van der Waals surface area (Å²) in [4.78, 5) is 24.4. The van der Waals surface area contributed by atoms with Gasteiger partial charge in [-0.1, -0.05) is 104 Å². The van der Waals surface area contributed by atoms with Crippen LogP contribution in [0, 0.1) is 0 Å². The maximum atomic E-state index is 12.2. The number of unbranched alkanes of at least 4 members (excludes halogenated alkanes) is 14. The molecule has 1 rings (SSSR count). The molecule has 1 aliphatic carbocycles. The molecule has 0 aromatic carbocycles. The van der Waals surface area contributed by atoms with Gasteiger partial charge in [0.15, 0.2) is 0 Å². The van der Waals surface area contributed by atoms with E-state index in [1.165, 1.54) is 89.9 Å². The maximum Gasteiger partial charge on any atom is 0.220 e. The molecule has 4 heteroatoms. The molecule has 0 saturated heterocycles. The Morgan fingerprint density at radius 2 is 0.781 bits per heavy atom. The van der Waals surface area contributed by atoms with Crippen LogP contribution in [-0.2, 0) is 9.59 Å². The van der Waals surface area contributed by atoms with Gasteiger partial charge < -0.3 is 10.6 Å². The number of carbonyl (C=O) groups is 2. The van der Waals surface area contributed by atoms with Crippen LogP contribution in [0.2, 0.25) is 0 Å². The molecule has 0 radical (unpaired) electrons. The van der Waals surface area contributed by atoms with Crippen LogP contribution in [0.5, 0.6) is 0 Å². The molecule has 1 fully saturated rings. The first-order valence-electron chi connectivity index (χ1n) is 14.2. The number of carbonyl (C=O) groups excluding carboxylic acids is 2. The molecule has 2 amide bonds. The lowest BCUT2D eigenvalue weighted by Gasteiger charge is -2.29. The molecular weight excluding hydrogens is 396 g/mol. The number of nitrogens with one attached hydrogen (secondary N) is 2. The van der Waals surface area contributed by atoms with Crippen LogP contribution >= 0.6 is 0 Å². The van der Waals surface area contributed by atoms with Crippen molar-refractivity contribution in [1.29, 1.82) is 0 Å². The molecule has 0 unspecified atom stereocenters. The van der Waals surface area contributed by atoms with Gasteiger partial charge in [0.1, 0.15) is 0 Å². The Labute approximate surface area is 199 Å². The summed E-state index contributed by atoms with van der Waals surface area (Å²) < 4.78 is 0. The second-order valence-electron chi connectivity index (χ2n) is 10.1. The zero-order valence-corrected chi connectivity index (χ0v) is 21.5. The van der Waals surface area contributed by atoms with Crippen LogP contribution in [0.4, 0.5) is 0 Å². The van der Waals surface area contributed by atoms with Crippen LogP contribution in [0.1, 0.15) is 155 Å². The molecule has 0 aromatic heterocycles. The van der Waals surface area contributed by atoms with Crippen LogP contribution < -0.4 is 10.6 Å². The van der Waals surface area contributed by atoms with Crippen LogP contribution in [-0.4, -0.2) is 23.9 Å². The Morgan fingerprint density at radius 1 is 0.500 bits per heavy atom. The fourth-order valence-electron chi connectivity index (χ4n) is 4.82. The average molecular weight is 451 g/mol. The van der Waals surface area contributed by atoms with Crippen molar-refractivity contribution in [2.75, 3.05) is 0 Å². The van der Waals surface area contributed by atoms with Crippen molar-refractivity contribution in [2.24, 2.45) is 0 Å². The number of rotatable bonds is 20. The van der Waals surface area contributed by atoms with Gasteiger partial charge in [-0.3, -0.25) is 9.59 Å². The van der Waals surface area contributed by atoms with E-state index in [1.54, 1.807) is 0 Å². The van der Waals surface area contributed by atoms with Gasteiger partial charge >= 0.3 is 0 Å². The van der Waals surface area contributed by atoms with Crippen molar-refractivity contribution in [1.82, 2.24) is 10.6 Å². The lowest BCUT2D eigenvalue weighted by molar-refractivity contribution is -0.123. The molecule has 0 aliphatic heterocycles. The molecule has 0 spiro atoms. The monoisotopic (exact) mass is 450 g/mol. The zero-order chi connectivity index (χ0) is 23.3. The molecule has 0 bridgehead atoms. The van der Waals surface area contributed by atoms with Gasteiger partial charge in [0.2, 0.25) is 11.8 Å². The summed E-state index contributed by atoms with van der Waals surface area (Å²) in [5, 5.41) is 6.45. The van der Waals surface area contributed by atoms with E-state index < -0.39 is 0 Å². The highest BCUT2D eigenvalue weighted by Gasteiger charge is 2.23. The zero-order valence-electron chi connectivity index (χ0n) is 21.5. The van der Waals surface area contributed by atoms with Crippen molar-refractivity contribution >= 4 is 11.8 Å². The summed E-state index contributed by atoms with van der Waals surface area (Å²) in [7, 11) is 0. The fraction of sp³-hybridized carbons (Fsp3) is 0.929. The predicted molar refractivity (Wildman–Crippen MR) is 137 cm³/mol. The van der Waals surface area contributed by atoms with Crippen LogP contribution in [0.15, 0.2) is 0 Å². The predicted octanol–water partition coefficient (Wildman–Crippen LogP) is 7.59. The number of hydrogen-bond donors (Lipinski definition) is 2. The smallest absolute Gasteiger partial charge is 0.220 e. The third-order valence-corrected chi connectivity index (χ3v) is 6.97. The van der Waals surface area contributed by atoms with E-state index in [9.17, 15) is 9.59 Å². The van der Waals surface area contributed by atoms with E-state index in [0.717, 1.165) is 38.5 Å². The summed E-state index contributed by atoms with van der Waals surface area (Å²) in [5.41, 5.74) is 0. The van der Waals surface area contributed by atoms with Crippen molar-refractivity contribution in [2.45, 2.75) is 167 Å². The quantitative estimate of drug-likeness (QED) is 0.188. The second kappa shape index (κ2) is 20.5. The van der Waals surface area contributed by atoms with Gasteiger partial charge in [-0.05, 0) is 38.5 Å². The topological polar surface area (TPSA) is 58.2 Å². The fourth-order valence-corrected chi connectivity index (χ4v) is 4.82. The first-order valence-corrected chi connectivity index (χ1v) is 14.2. The highest BCUT2D eigenvalue weighted by atomic mass is 16.2. The van der Waals surface area contributed by atoms with Gasteiger partial charge in [0, 0.05) is 24.9 Å². The summed E-state index contributed by atoms with van der Waals surface area (Å²) in [5.74, 6) is 0.441. The Morgan fingerprint density at radius 3 is 1.09 bits per heavy atom. The SMILES string of the molecule is CCCCCCCCCCC(=O)NC1CCC(NC(=O)CCCCCCCCCC)CC1. The van der Waals surface area contributed by atoms with Crippen LogP contribution in [0.3, 0.4) is 0 Å². The Bertz CT molecular complexity index is 416. The summed E-state index contributed by atoms with van der Waals surface area (Å²) in [6, 6.07) is 0.606. The second-order valence-corrected chi connectivity index (χ2v) is 10.1. The van der Waals surface area contributed by atoms with Crippen molar-refractivity contribution in [3.8, 4) is 0 Å². The molecule has 32 heavy (non-hydrogen) atoms. The first kappa shape index (κ1) is 29.0. The minimum Gasteiger partial charge on any atom is -0.353 e. The standard InChI is InChI=1S/C28H54N2O2/c1-3-5-7-9-11-13-15-17-19-27(31)29-25-21-23-26(24-22-25)30-28(32)20-18-16-14-12-10-8-6-4-2/h25-26H,3-24H2,1-2H3,(H,29,31)(H,30,32). The Hall–Kier alpha value is -1.06. The third-order valence-electron chi connectivity index (χ3n) is 6.97. The molecule has 0 atom stereocenters. The Balaban J connectivity index is 1.96. The molecule has 0 heterocycles. The highest BCUT2D eigenvalue weighted by Crippen LogP contribution is 2.19. The lowest BCUT2D eigenvalue weighted by Crippen LogP contribution is -2.43. The average Bonchev–Trinajstić information content (AvgIpc) is 2.78. The number of amides is 2. The van der Waals surface area contributed by atoms with E-state index in [2.05, 4.69) is 24.5 Å². The van der Waals surface area contributed by atoms with Gasteiger partial charge in [0.25, 0.3) is 0 Å². The maximum absolute atomic E-state index is 12.2. The van der Waals surface area contributed by atoms with E-state index >= 15 is 0 Å². The van der Waals surface area contributed by atoms with Crippen molar-refractivity contribution < 1.29 is 9.59 Å². The minimum absolute atomic E-state index is 0.221. The lowest BCUT2D eigenvalue weighted by atomic mass is 9.91. The Kier molecular flexibility index (Phi) is 18.6. The van der Waals surface area contributed by atoms with Gasteiger partial charge in [-0.25, -0.2) is 0 Å². The molecule has 188 valence electrons. The van der Waals surface area contributed by atoms with Crippen LogP contribution in [0.25, 0.3) is 0 Å².